The molecule has 1 aromatic rings. The summed E-state index contributed by atoms with van der Waals surface area (Å²) in [5.41, 5.74) is -0.616. The van der Waals surface area contributed by atoms with Gasteiger partial charge in [-0.05, 0) is 12.8 Å². The number of unbranched alkanes of at least 4 members (excludes halogenated alkanes) is 5. The first-order valence-corrected chi connectivity index (χ1v) is 7.23. The minimum atomic E-state index is -0.381. The van der Waals surface area contributed by atoms with Gasteiger partial charge in [0.2, 0.25) is 0 Å². The summed E-state index contributed by atoms with van der Waals surface area (Å²) >= 11 is 0. The zero-order valence-electron chi connectivity index (χ0n) is 12.2. The Morgan fingerprint density at radius 1 is 1.19 bits per heavy atom. The van der Waals surface area contributed by atoms with Crippen LogP contribution < -0.4 is 11.2 Å². The molecule has 0 unspecified atom stereocenters. The second-order valence-corrected chi connectivity index (χ2v) is 4.77. The van der Waals surface area contributed by atoms with Gasteiger partial charge >= 0.3 is 11.7 Å². The van der Waals surface area contributed by atoms with Crippen molar-refractivity contribution in [1.29, 1.82) is 0 Å². The molecule has 1 rings (SSSR count). The van der Waals surface area contributed by atoms with Crippen LogP contribution in [0.25, 0.3) is 0 Å². The molecule has 116 valence electrons. The van der Waals surface area contributed by atoms with Gasteiger partial charge in [0.1, 0.15) is 0 Å². The number of hydrogen-bond acceptors (Lipinski definition) is 4. The first-order valence-electron chi connectivity index (χ1n) is 7.23. The maximum atomic E-state index is 11.5. The van der Waals surface area contributed by atoms with E-state index in [4.69, 9.17) is 4.74 Å². The van der Waals surface area contributed by atoms with Crippen LogP contribution in [0.5, 0.6) is 0 Å². The molecule has 0 aliphatic rings. The van der Waals surface area contributed by atoms with Crippen LogP contribution in [-0.4, -0.2) is 22.1 Å². The van der Waals surface area contributed by atoms with Crippen molar-refractivity contribution in [3.8, 4) is 0 Å². The lowest BCUT2D eigenvalue weighted by atomic mass is 10.1. The summed E-state index contributed by atoms with van der Waals surface area (Å²) in [6.07, 6.45) is 8.22. The fraction of sp³-hybridized carbons (Fsp3) is 0.533. The number of carbonyl (C=O) groups excluding carboxylic acids is 1. The van der Waals surface area contributed by atoms with Gasteiger partial charge in [-0.1, -0.05) is 32.3 Å². The molecule has 0 spiro atoms. The fourth-order valence-electron chi connectivity index (χ4n) is 1.97. The third kappa shape index (κ3) is 6.74. The summed E-state index contributed by atoms with van der Waals surface area (Å²) in [5.74, 6) is -0.381. The van der Waals surface area contributed by atoms with Crippen molar-refractivity contribution < 1.29 is 9.53 Å². The van der Waals surface area contributed by atoms with Crippen LogP contribution >= 0.6 is 0 Å². The minimum absolute atomic E-state index is 0.261. The zero-order valence-corrected chi connectivity index (χ0v) is 12.2. The predicted molar refractivity (Wildman–Crippen MR) is 80.2 cm³/mol. The highest BCUT2D eigenvalue weighted by atomic mass is 16.5. The molecule has 0 atom stereocenters. The number of rotatable bonds is 10. The molecule has 0 amide bonds. The average Bonchev–Trinajstić information content (AvgIpc) is 2.47. The van der Waals surface area contributed by atoms with Crippen LogP contribution in [0.1, 0.15) is 38.5 Å². The van der Waals surface area contributed by atoms with Gasteiger partial charge in [-0.25, -0.2) is 9.59 Å². The molecule has 21 heavy (non-hydrogen) atoms. The number of aromatic nitrogens is 2. The number of carbonyl (C=O) groups is 1. The number of esters is 1. The number of hydrogen-bond donors (Lipinski definition) is 1. The lowest BCUT2D eigenvalue weighted by molar-refractivity contribution is -0.137. The number of H-pyrrole nitrogens is 1. The molecule has 6 nitrogen and oxygen atoms in total. The van der Waals surface area contributed by atoms with Gasteiger partial charge in [0, 0.05) is 24.9 Å². The molecule has 1 N–H and O–H groups in total. The quantitative estimate of drug-likeness (QED) is 0.404. The second kappa shape index (κ2) is 9.74. The van der Waals surface area contributed by atoms with E-state index in [0.717, 1.165) is 44.6 Å². The summed E-state index contributed by atoms with van der Waals surface area (Å²) in [6.45, 7) is 4.20. The van der Waals surface area contributed by atoms with E-state index >= 15 is 0 Å². The van der Waals surface area contributed by atoms with Gasteiger partial charge in [0.05, 0.1) is 6.61 Å². The zero-order chi connectivity index (χ0) is 15.5. The Hall–Kier alpha value is -2.11. The van der Waals surface area contributed by atoms with Crippen molar-refractivity contribution in [2.45, 2.75) is 45.1 Å². The molecule has 0 aromatic carbocycles. The Bertz CT molecular complexity index is 531. The van der Waals surface area contributed by atoms with E-state index in [1.54, 1.807) is 0 Å². The van der Waals surface area contributed by atoms with E-state index in [-0.39, 0.29) is 17.2 Å². The molecule has 0 saturated heterocycles. The van der Waals surface area contributed by atoms with E-state index in [2.05, 4.69) is 11.6 Å². The summed E-state index contributed by atoms with van der Waals surface area (Å²) in [5, 5.41) is 0. The molecule has 0 saturated carbocycles. The smallest absolute Gasteiger partial charge is 0.330 e. The Labute approximate surface area is 123 Å². The lowest BCUT2D eigenvalue weighted by Crippen LogP contribution is -2.33. The highest BCUT2D eigenvalue weighted by molar-refractivity contribution is 5.81. The molecule has 1 heterocycles. The van der Waals surface area contributed by atoms with Crippen molar-refractivity contribution in [1.82, 2.24) is 9.55 Å². The van der Waals surface area contributed by atoms with Crippen LogP contribution in [0.15, 0.2) is 34.5 Å². The molecular formula is C15H22N2O4. The van der Waals surface area contributed by atoms with E-state index in [1.807, 2.05) is 0 Å². The monoisotopic (exact) mass is 294 g/mol. The van der Waals surface area contributed by atoms with Gasteiger partial charge in [-0.15, -0.1) is 0 Å². The topological polar surface area (TPSA) is 81.2 Å². The predicted octanol–water partition coefficient (Wildman–Crippen LogP) is 1.61. The van der Waals surface area contributed by atoms with Gasteiger partial charge in [0.25, 0.3) is 5.56 Å². The Kier molecular flexibility index (Phi) is 7.86. The van der Waals surface area contributed by atoms with E-state index in [0.29, 0.717) is 13.2 Å². The molecule has 0 aliphatic carbocycles. The van der Waals surface area contributed by atoms with Crippen molar-refractivity contribution >= 4 is 5.97 Å². The van der Waals surface area contributed by atoms with Crippen molar-refractivity contribution in [2.24, 2.45) is 0 Å². The number of nitrogens with zero attached hydrogens (tertiary/aromatic N) is 1. The van der Waals surface area contributed by atoms with E-state index in [1.165, 1.54) is 16.8 Å². The van der Waals surface area contributed by atoms with Gasteiger partial charge in [0.15, 0.2) is 0 Å². The second-order valence-electron chi connectivity index (χ2n) is 4.77. The lowest BCUT2D eigenvalue weighted by Gasteiger charge is -2.04. The maximum absolute atomic E-state index is 11.5. The minimum Gasteiger partial charge on any atom is -0.463 e. The molecule has 0 radical (unpaired) electrons. The summed E-state index contributed by atoms with van der Waals surface area (Å²) in [6, 6.07) is 1.35. The molecule has 0 bridgehead atoms. The Morgan fingerprint density at radius 3 is 2.52 bits per heavy atom. The first-order chi connectivity index (χ1) is 10.1. The first kappa shape index (κ1) is 16.9. The van der Waals surface area contributed by atoms with Crippen molar-refractivity contribution in [3.63, 3.8) is 0 Å². The Morgan fingerprint density at radius 2 is 1.86 bits per heavy atom. The van der Waals surface area contributed by atoms with Gasteiger partial charge in [-0.2, -0.15) is 0 Å². The fourth-order valence-corrected chi connectivity index (χ4v) is 1.97. The Balaban J connectivity index is 2.05. The van der Waals surface area contributed by atoms with Gasteiger partial charge in [-0.3, -0.25) is 9.36 Å². The summed E-state index contributed by atoms with van der Waals surface area (Å²) in [7, 11) is 0. The SMILES string of the molecule is C=CC(=O)OCCCCCCCCn1c(=O)cc[nH]c1=O. The van der Waals surface area contributed by atoms with Crippen LogP contribution in [-0.2, 0) is 16.1 Å². The average molecular weight is 294 g/mol. The van der Waals surface area contributed by atoms with E-state index < -0.39 is 0 Å². The van der Waals surface area contributed by atoms with Crippen LogP contribution in [0.4, 0.5) is 0 Å². The molecule has 0 fully saturated rings. The number of ether oxygens (including phenoxy) is 1. The van der Waals surface area contributed by atoms with Crippen LogP contribution in [0, 0.1) is 0 Å². The third-order valence-corrected chi connectivity index (χ3v) is 3.13. The normalized spacial score (nSPS) is 10.3. The maximum Gasteiger partial charge on any atom is 0.330 e. The molecular weight excluding hydrogens is 272 g/mol. The van der Waals surface area contributed by atoms with Crippen molar-refractivity contribution in [3.05, 3.63) is 45.8 Å². The highest BCUT2D eigenvalue weighted by Gasteiger charge is 2.00. The molecule has 1 aromatic heterocycles. The van der Waals surface area contributed by atoms with Crippen LogP contribution in [0.3, 0.4) is 0 Å². The summed E-state index contributed by atoms with van der Waals surface area (Å²) in [4.78, 5) is 36.1. The number of aromatic amines is 1. The highest BCUT2D eigenvalue weighted by Crippen LogP contribution is 2.06. The number of nitrogens with one attached hydrogen (secondary N) is 1. The van der Waals surface area contributed by atoms with Gasteiger partial charge < -0.3 is 9.72 Å². The largest absolute Gasteiger partial charge is 0.463 e. The molecule has 6 heteroatoms. The third-order valence-electron chi connectivity index (χ3n) is 3.13. The summed E-state index contributed by atoms with van der Waals surface area (Å²) < 4.78 is 6.09. The van der Waals surface area contributed by atoms with Crippen LogP contribution in [0.2, 0.25) is 0 Å². The molecule has 0 aliphatic heterocycles. The standard InChI is InChI=1S/C15H22N2O4/c1-2-14(19)21-12-8-6-4-3-5-7-11-17-13(18)9-10-16-15(17)20/h2,9-10H,1,3-8,11-12H2,(H,16,20). The van der Waals surface area contributed by atoms with E-state index in [9.17, 15) is 14.4 Å². The van der Waals surface area contributed by atoms with Crippen molar-refractivity contribution in [2.75, 3.05) is 6.61 Å².